The van der Waals surface area contributed by atoms with Gasteiger partial charge >= 0.3 is 18.3 Å². The van der Waals surface area contributed by atoms with Gasteiger partial charge in [-0.05, 0) is 203 Å². The number of nitrogens with zero attached hydrogens (tertiary/aromatic N) is 6. The zero-order chi connectivity index (χ0) is 106. The van der Waals surface area contributed by atoms with Crippen molar-refractivity contribution in [1.82, 2.24) is 59.5 Å². The van der Waals surface area contributed by atoms with Gasteiger partial charge in [0.15, 0.2) is 17.3 Å². The summed E-state index contributed by atoms with van der Waals surface area (Å²) >= 11 is 0. The molecule has 18 rings (SSSR count). The number of ether oxygens (including phenoxy) is 3. The molecule has 9 heterocycles. The molecule has 0 radical (unpaired) electrons. The first-order chi connectivity index (χ1) is 71.4. The number of benzene rings is 3. The van der Waals surface area contributed by atoms with E-state index in [1.165, 1.54) is 31.4 Å². The SMILES string of the molecule is C=C[C@@H]1C[C@]1(CC(=O)[C@@H]1C[C@@H]2CN1C(=O)[C@H](CC)NC(=O)CCCCCCCc1cccc3c1CN(C3)C(=O)O2)C(=O)NS(=O)(=O)C1CC1.C=C[C@@H]1C[C@]1(CC(=O)[C@@H]1C[C@@H]2CN1C(=O)[C@H](CC)NC(=O)CCCCCCCc1cccc3c1CN(C3)C(=O)O2)C(=O)NS(=O)(=O)C1CC1.C=C[C@@H]1C[C@]1(CC(=O)[C@@H]1C[C@@H]2CN1C(=O)[C@H](CCCC)NC(=O)CCCCCCCc1cccc3c1CN(C3)C(=O)O2)C(=O)NS(=O)(=O)C1CC1. The Bertz CT molecular complexity index is 5800. The Kier molecular flexibility index (Phi) is 35.1. The summed E-state index contributed by atoms with van der Waals surface area (Å²) in [5.74, 6) is -6.65. The fourth-order valence-corrected chi connectivity index (χ4v) is 27.7. The van der Waals surface area contributed by atoms with Crippen molar-refractivity contribution in [3.05, 3.63) is 143 Å². The summed E-state index contributed by atoms with van der Waals surface area (Å²) in [4.78, 5) is 214. The van der Waals surface area contributed by atoms with E-state index in [4.69, 9.17) is 14.2 Å². The molecule has 15 atom stereocenters. The molecule has 3 aromatic carbocycles. The van der Waals surface area contributed by atoms with E-state index in [1.54, 1.807) is 46.8 Å². The van der Waals surface area contributed by atoms with Crippen molar-refractivity contribution in [2.45, 2.75) is 394 Å². The number of ketones is 3. The molecule has 6 N–H and O–H groups in total. The molecule has 810 valence electrons. The van der Waals surface area contributed by atoms with Crippen LogP contribution >= 0.6 is 0 Å². The fourth-order valence-electron chi connectivity index (χ4n) is 23.6. The topological polar surface area (TPSA) is 478 Å². The molecule has 3 saturated heterocycles. The summed E-state index contributed by atoms with van der Waals surface area (Å²) in [5, 5.41) is 6.83. The van der Waals surface area contributed by atoms with Crippen LogP contribution in [0.25, 0.3) is 0 Å². The van der Waals surface area contributed by atoms with Crippen molar-refractivity contribution in [1.29, 1.82) is 0 Å². The maximum absolute atomic E-state index is 14.3. The lowest BCUT2D eigenvalue weighted by Crippen LogP contribution is -2.52. The molecular formula is C110H148N12O24S3. The van der Waals surface area contributed by atoms with Gasteiger partial charge in [-0.3, -0.25) is 86.4 Å². The van der Waals surface area contributed by atoms with Crippen LogP contribution in [0.3, 0.4) is 0 Å². The quantitative estimate of drug-likeness (QED) is 0.0321. The number of carbonyl (C=O) groups is 15. The second-order valence-electron chi connectivity index (χ2n) is 44.2. The number of rotatable bonds is 26. The summed E-state index contributed by atoms with van der Waals surface area (Å²) in [7, 11) is -11.5. The molecule has 3 aromatic rings. The Morgan fingerprint density at radius 2 is 0.631 bits per heavy atom. The largest absolute Gasteiger partial charge is 0.444 e. The number of carbonyl (C=O) groups excluding carboxylic acids is 15. The zero-order valence-electron chi connectivity index (χ0n) is 86.3. The monoisotopic (exact) mass is 2120 g/mol. The van der Waals surface area contributed by atoms with E-state index in [0.717, 1.165) is 136 Å². The van der Waals surface area contributed by atoms with Crippen LogP contribution in [0.5, 0.6) is 0 Å². The zero-order valence-corrected chi connectivity index (χ0v) is 88.7. The van der Waals surface area contributed by atoms with E-state index in [-0.39, 0.29) is 95.1 Å². The number of unbranched alkanes of at least 4 members (excludes halogenated alkanes) is 1. The van der Waals surface area contributed by atoms with Gasteiger partial charge in [0, 0.05) is 97.1 Å². The fraction of sp³-hybridized carbons (Fsp3) is 0.645. The van der Waals surface area contributed by atoms with Gasteiger partial charge in [-0.25, -0.2) is 39.6 Å². The van der Waals surface area contributed by atoms with Crippen LogP contribution in [0.1, 0.15) is 315 Å². The van der Waals surface area contributed by atoms with Gasteiger partial charge in [-0.1, -0.05) is 164 Å². The first-order valence-corrected chi connectivity index (χ1v) is 59.1. The van der Waals surface area contributed by atoms with E-state index >= 15 is 0 Å². The molecule has 0 unspecified atom stereocenters. The Morgan fingerprint density at radius 3 is 0.893 bits per heavy atom. The van der Waals surface area contributed by atoms with Crippen LogP contribution in [-0.4, -0.2) is 233 Å². The van der Waals surface area contributed by atoms with Crippen LogP contribution in [0.4, 0.5) is 14.4 Å². The van der Waals surface area contributed by atoms with Crippen molar-refractivity contribution in [3.63, 3.8) is 0 Å². The van der Waals surface area contributed by atoms with Crippen molar-refractivity contribution in [2.75, 3.05) is 19.6 Å². The molecule has 15 aliphatic rings. The highest BCUT2D eigenvalue weighted by Crippen LogP contribution is 2.60. The van der Waals surface area contributed by atoms with Gasteiger partial charge in [0.2, 0.25) is 83.2 Å². The highest BCUT2D eigenvalue weighted by atomic mass is 32.2. The third-order valence-corrected chi connectivity index (χ3v) is 38.8. The third kappa shape index (κ3) is 26.1. The van der Waals surface area contributed by atoms with E-state index in [0.29, 0.717) is 142 Å². The Labute approximate surface area is 874 Å². The van der Waals surface area contributed by atoms with Gasteiger partial charge in [0.25, 0.3) is 0 Å². The summed E-state index contributed by atoms with van der Waals surface area (Å²) in [6, 6.07) is 12.8. The number of hydrogen-bond acceptors (Lipinski definition) is 24. The van der Waals surface area contributed by atoms with Crippen molar-refractivity contribution >= 4 is 119 Å². The summed E-state index contributed by atoms with van der Waals surface area (Å²) in [6.45, 7) is 19.3. The van der Waals surface area contributed by atoms with Crippen LogP contribution in [0, 0.1) is 34.0 Å². The summed E-state index contributed by atoms with van der Waals surface area (Å²) in [6.07, 6.45) is 23.7. The predicted octanol–water partition coefficient (Wildman–Crippen LogP) is 11.8. The highest BCUT2D eigenvalue weighted by molar-refractivity contribution is 7.91. The summed E-state index contributed by atoms with van der Waals surface area (Å²) in [5.41, 5.74) is 6.47. The van der Waals surface area contributed by atoms with Gasteiger partial charge in [0.05, 0.1) is 69.8 Å². The van der Waals surface area contributed by atoms with Crippen LogP contribution in [0.2, 0.25) is 0 Å². The van der Waals surface area contributed by atoms with Crippen molar-refractivity contribution in [2.24, 2.45) is 34.0 Å². The number of Topliss-reactive ketones (excluding diaryl/α,β-unsaturated/α-hetero) is 3. The van der Waals surface area contributed by atoms with Gasteiger partial charge < -0.3 is 44.9 Å². The van der Waals surface area contributed by atoms with Gasteiger partial charge in [0.1, 0.15) is 36.4 Å². The van der Waals surface area contributed by atoms with E-state index in [2.05, 4.69) is 68.1 Å². The van der Waals surface area contributed by atoms with Crippen LogP contribution in [-0.2, 0) is 160 Å². The smallest absolute Gasteiger partial charge is 0.410 e. The van der Waals surface area contributed by atoms with E-state index in [1.807, 2.05) is 43.3 Å². The predicted molar refractivity (Wildman–Crippen MR) is 550 cm³/mol. The molecule has 0 spiro atoms. The molecule has 9 fully saturated rings. The minimum Gasteiger partial charge on any atom is -0.444 e. The maximum atomic E-state index is 14.3. The lowest BCUT2D eigenvalue weighted by molar-refractivity contribution is -0.142. The maximum Gasteiger partial charge on any atom is 0.410 e. The molecule has 6 aliphatic carbocycles. The van der Waals surface area contributed by atoms with Crippen molar-refractivity contribution < 1.29 is 111 Å². The average Bonchev–Trinajstić information content (AvgIpc) is 1.58. The molecule has 149 heavy (non-hydrogen) atoms. The van der Waals surface area contributed by atoms with E-state index < -0.39 is 205 Å². The molecule has 39 heteroatoms. The molecule has 36 nitrogen and oxygen atoms in total. The molecular weight excluding hydrogens is 1970 g/mol. The number of hydrogen-bond donors (Lipinski definition) is 6. The highest BCUT2D eigenvalue weighted by Gasteiger charge is 2.65. The Hall–Kier alpha value is -11.2. The molecule has 9 aliphatic heterocycles. The van der Waals surface area contributed by atoms with Gasteiger partial charge in [-0.2, -0.15) is 0 Å². The summed E-state index contributed by atoms with van der Waals surface area (Å²) < 4.78 is 100. The standard InChI is InChI=1S/C38H52N4O8S.2C36H48N4O8S/c1-3-5-15-31-35(45)42-23-28(19-32(42)33(43)21-38(20-27(38)4-2)36(46)40-51(48,49)29-17-18-29)50-37(47)41-22-26-14-11-13-25(30(26)24-41)12-9-7-6-8-10-16-34(44)39-31;2*1-3-25-18-36(25,34(44)38-49(46,47)27-15-16-27)19-31(41)30-17-26-21-40(30)33(43)29(4-2)37-32(42)14-9-7-5-6-8-11-23-12-10-13-24-20-39(22-28(23)24)35(45)48-26/h4,11,13-14,27-29,31-32H,2-3,5-10,12,15-24H2,1H3,(H,39,44)(H,40,46);2*3,10,12-13,25-27,29-30H,1,4-9,11,14-22H2,2H3,(H,37,42)(H,38,44)/t27-,28-,31+,32+,38-;2*25-,26-,29+,30+,36-/m111/s1. The molecule has 0 aromatic heterocycles. The minimum atomic E-state index is -3.84. The van der Waals surface area contributed by atoms with E-state index in [9.17, 15) is 97.2 Å². The molecule has 12 bridgehead atoms. The second-order valence-corrected chi connectivity index (χ2v) is 50.0. The molecule has 12 amide bonds. The second kappa shape index (κ2) is 47.3. The number of aryl methyl sites for hydroxylation is 3. The van der Waals surface area contributed by atoms with Crippen LogP contribution in [0.15, 0.2) is 92.6 Å². The van der Waals surface area contributed by atoms with Crippen LogP contribution < -0.4 is 30.1 Å². The number of sulfonamides is 3. The third-order valence-electron chi connectivity index (χ3n) is 33.4. The number of fused-ring (bicyclic) bond motifs is 9. The Balaban J connectivity index is 0.000000159. The number of nitrogens with one attached hydrogen (secondary N) is 6. The average molecular weight is 2120 g/mol. The lowest BCUT2D eigenvalue weighted by atomic mass is 9.91. The first kappa shape index (κ1) is 110. The lowest BCUT2D eigenvalue weighted by Gasteiger charge is -2.29. The first-order valence-electron chi connectivity index (χ1n) is 54.5. The minimum absolute atomic E-state index is 0.0313. The Morgan fingerprint density at radius 1 is 0.369 bits per heavy atom. The number of amides is 12. The number of allylic oxidation sites excluding steroid dienone is 3. The normalized spacial score (nSPS) is 29.3. The molecule has 6 saturated carbocycles. The van der Waals surface area contributed by atoms with Gasteiger partial charge in [-0.15, -0.1) is 19.7 Å². The van der Waals surface area contributed by atoms with Crippen molar-refractivity contribution in [3.8, 4) is 0 Å².